The Hall–Kier alpha value is -2.84. The lowest BCUT2D eigenvalue weighted by Crippen LogP contribution is -2.31. The number of carbonyl (C=O) groups is 1. The standard InChI is InChI=1S/C24H24FN5OS/c25-18-10-8-17(9-11-18)21(31)16-32-24-26-20-7-3-2-6-19(20)23-27-22(28-30(23)24)12-15-29-13-4-1-5-14-29/h2-3,6-11H,1,4-5,12-16H2. The maximum atomic E-state index is 13.2. The molecule has 0 saturated carbocycles. The highest BCUT2D eigenvalue weighted by Gasteiger charge is 2.17. The van der Waals surface area contributed by atoms with Crippen molar-refractivity contribution in [3.63, 3.8) is 0 Å². The highest BCUT2D eigenvalue weighted by Crippen LogP contribution is 2.25. The zero-order valence-electron chi connectivity index (χ0n) is 17.7. The molecule has 0 radical (unpaired) electrons. The number of aromatic nitrogens is 4. The number of piperidine rings is 1. The number of benzene rings is 2. The van der Waals surface area contributed by atoms with Crippen molar-refractivity contribution < 1.29 is 9.18 Å². The van der Waals surface area contributed by atoms with Crippen LogP contribution in [0.25, 0.3) is 16.6 Å². The van der Waals surface area contributed by atoms with Crippen molar-refractivity contribution in [3.05, 3.63) is 65.7 Å². The number of carbonyl (C=O) groups excluding carboxylic acids is 1. The summed E-state index contributed by atoms with van der Waals surface area (Å²) in [6, 6.07) is 13.5. The molecular formula is C24H24FN5OS. The van der Waals surface area contributed by atoms with Gasteiger partial charge in [-0.1, -0.05) is 30.3 Å². The van der Waals surface area contributed by atoms with Crippen LogP contribution in [0.4, 0.5) is 4.39 Å². The Balaban J connectivity index is 1.40. The second-order valence-corrected chi connectivity index (χ2v) is 8.99. The van der Waals surface area contributed by atoms with E-state index in [-0.39, 0.29) is 17.4 Å². The molecule has 0 bridgehead atoms. The summed E-state index contributed by atoms with van der Waals surface area (Å²) in [5, 5.41) is 6.32. The van der Waals surface area contributed by atoms with Crippen molar-refractivity contribution in [2.75, 3.05) is 25.4 Å². The normalized spacial score (nSPS) is 14.9. The molecule has 2 aromatic heterocycles. The van der Waals surface area contributed by atoms with Crippen molar-refractivity contribution >= 4 is 34.1 Å². The van der Waals surface area contributed by atoms with Gasteiger partial charge in [0, 0.05) is 23.9 Å². The quantitative estimate of drug-likeness (QED) is 0.236. The predicted octanol–water partition coefficient (Wildman–Crippen LogP) is 4.42. The van der Waals surface area contributed by atoms with Crippen LogP contribution in [0.3, 0.4) is 0 Å². The van der Waals surface area contributed by atoms with E-state index < -0.39 is 0 Å². The highest BCUT2D eigenvalue weighted by atomic mass is 32.2. The van der Waals surface area contributed by atoms with Gasteiger partial charge in [-0.05, 0) is 62.3 Å². The molecule has 8 heteroatoms. The van der Waals surface area contributed by atoms with Crippen LogP contribution in [0.2, 0.25) is 0 Å². The monoisotopic (exact) mass is 449 g/mol. The SMILES string of the molecule is O=C(CSc1nc2ccccc2c2nc(CCN3CCCCC3)nn12)c1ccc(F)cc1. The summed E-state index contributed by atoms with van der Waals surface area (Å²) in [6.45, 7) is 3.24. The van der Waals surface area contributed by atoms with E-state index in [4.69, 9.17) is 15.1 Å². The van der Waals surface area contributed by atoms with Crippen molar-refractivity contribution in [1.29, 1.82) is 0 Å². The Kier molecular flexibility index (Phi) is 6.14. The predicted molar refractivity (Wildman–Crippen MR) is 124 cm³/mol. The molecule has 164 valence electrons. The molecule has 1 aliphatic heterocycles. The van der Waals surface area contributed by atoms with Gasteiger partial charge in [0.25, 0.3) is 0 Å². The van der Waals surface area contributed by atoms with E-state index >= 15 is 0 Å². The van der Waals surface area contributed by atoms with E-state index in [2.05, 4.69) is 4.90 Å². The van der Waals surface area contributed by atoms with Crippen LogP contribution in [0.15, 0.2) is 53.7 Å². The summed E-state index contributed by atoms with van der Waals surface area (Å²) < 4.78 is 14.9. The van der Waals surface area contributed by atoms with Crippen LogP contribution < -0.4 is 0 Å². The van der Waals surface area contributed by atoms with Crippen molar-refractivity contribution in [2.24, 2.45) is 0 Å². The van der Waals surface area contributed by atoms with Gasteiger partial charge in [0.05, 0.1) is 11.3 Å². The summed E-state index contributed by atoms with van der Waals surface area (Å²) in [4.78, 5) is 24.6. The lowest BCUT2D eigenvalue weighted by atomic mass is 10.1. The van der Waals surface area contributed by atoms with Gasteiger partial charge in [-0.15, -0.1) is 5.10 Å². The topological polar surface area (TPSA) is 63.4 Å². The minimum atomic E-state index is -0.355. The first-order valence-electron chi connectivity index (χ1n) is 11.0. The van der Waals surface area contributed by atoms with Gasteiger partial charge in [0.2, 0.25) is 0 Å². The molecule has 0 unspecified atom stereocenters. The minimum Gasteiger partial charge on any atom is -0.303 e. The summed E-state index contributed by atoms with van der Waals surface area (Å²) in [7, 11) is 0. The number of nitrogens with zero attached hydrogens (tertiary/aromatic N) is 5. The van der Waals surface area contributed by atoms with E-state index in [0.29, 0.717) is 10.7 Å². The Labute approximate surface area is 189 Å². The van der Waals surface area contributed by atoms with Gasteiger partial charge < -0.3 is 4.90 Å². The second-order valence-electron chi connectivity index (χ2n) is 8.05. The average molecular weight is 450 g/mol. The first-order valence-corrected chi connectivity index (χ1v) is 11.9. The molecule has 0 spiro atoms. The third-order valence-corrected chi connectivity index (χ3v) is 6.72. The molecule has 1 fully saturated rings. The van der Waals surface area contributed by atoms with E-state index in [1.165, 1.54) is 55.3 Å². The zero-order chi connectivity index (χ0) is 21.9. The van der Waals surface area contributed by atoms with Crippen molar-refractivity contribution in [1.82, 2.24) is 24.5 Å². The zero-order valence-corrected chi connectivity index (χ0v) is 18.5. The van der Waals surface area contributed by atoms with E-state index in [0.717, 1.165) is 48.4 Å². The number of para-hydroxylation sites is 1. The maximum absolute atomic E-state index is 13.2. The van der Waals surface area contributed by atoms with Crippen LogP contribution in [0.5, 0.6) is 0 Å². The number of ketones is 1. The minimum absolute atomic E-state index is 0.0801. The molecule has 0 aliphatic carbocycles. The molecule has 2 aromatic carbocycles. The summed E-state index contributed by atoms with van der Waals surface area (Å²) >= 11 is 1.33. The molecule has 0 atom stereocenters. The average Bonchev–Trinajstić information content (AvgIpc) is 3.27. The summed E-state index contributed by atoms with van der Waals surface area (Å²) in [5.41, 5.74) is 2.07. The number of halogens is 1. The van der Waals surface area contributed by atoms with Gasteiger partial charge in [-0.3, -0.25) is 4.79 Å². The number of Topliss-reactive ketones (excluding diaryl/α,β-unsaturated/α-hetero) is 1. The smallest absolute Gasteiger partial charge is 0.192 e. The first-order chi connectivity index (χ1) is 15.7. The Morgan fingerprint density at radius 2 is 1.78 bits per heavy atom. The van der Waals surface area contributed by atoms with Crippen LogP contribution in [0.1, 0.15) is 35.4 Å². The van der Waals surface area contributed by atoms with E-state index in [9.17, 15) is 9.18 Å². The lowest BCUT2D eigenvalue weighted by Gasteiger charge is -2.25. The molecule has 5 rings (SSSR count). The van der Waals surface area contributed by atoms with Crippen molar-refractivity contribution in [2.45, 2.75) is 30.8 Å². The Morgan fingerprint density at radius 1 is 1.00 bits per heavy atom. The van der Waals surface area contributed by atoms with E-state index in [1.54, 1.807) is 4.52 Å². The Bertz CT molecular complexity index is 1250. The molecule has 0 amide bonds. The van der Waals surface area contributed by atoms with Gasteiger partial charge >= 0.3 is 0 Å². The van der Waals surface area contributed by atoms with Crippen LogP contribution >= 0.6 is 11.8 Å². The van der Waals surface area contributed by atoms with Crippen LogP contribution in [-0.2, 0) is 6.42 Å². The maximum Gasteiger partial charge on any atom is 0.192 e. The number of fused-ring (bicyclic) bond motifs is 3. The number of hydrogen-bond donors (Lipinski definition) is 0. The van der Waals surface area contributed by atoms with E-state index in [1.807, 2.05) is 24.3 Å². The van der Waals surface area contributed by atoms with Gasteiger partial charge in [0.1, 0.15) is 5.82 Å². The first kappa shape index (κ1) is 21.0. The fourth-order valence-corrected chi connectivity index (χ4v) is 4.90. The fourth-order valence-electron chi connectivity index (χ4n) is 4.06. The third kappa shape index (κ3) is 4.52. The van der Waals surface area contributed by atoms with Gasteiger partial charge in [-0.25, -0.2) is 14.4 Å². The Morgan fingerprint density at radius 3 is 2.59 bits per heavy atom. The molecule has 4 aromatic rings. The summed E-state index contributed by atoms with van der Waals surface area (Å²) in [6.07, 6.45) is 4.62. The molecule has 3 heterocycles. The van der Waals surface area contributed by atoms with Crippen molar-refractivity contribution in [3.8, 4) is 0 Å². The third-order valence-electron chi connectivity index (χ3n) is 5.79. The molecule has 1 saturated heterocycles. The number of rotatable bonds is 7. The fraction of sp³-hybridized carbons (Fsp3) is 0.333. The summed E-state index contributed by atoms with van der Waals surface area (Å²) in [5.74, 6) is 0.547. The highest BCUT2D eigenvalue weighted by molar-refractivity contribution is 7.99. The van der Waals surface area contributed by atoms with Gasteiger partial charge in [-0.2, -0.15) is 4.52 Å². The van der Waals surface area contributed by atoms with Gasteiger partial charge in [0.15, 0.2) is 22.4 Å². The molecule has 32 heavy (non-hydrogen) atoms. The molecular weight excluding hydrogens is 425 g/mol. The van der Waals surface area contributed by atoms with Crippen LogP contribution in [0, 0.1) is 5.82 Å². The molecule has 0 N–H and O–H groups in total. The molecule has 6 nitrogen and oxygen atoms in total. The lowest BCUT2D eigenvalue weighted by molar-refractivity contribution is 0.102. The largest absolute Gasteiger partial charge is 0.303 e. The number of hydrogen-bond acceptors (Lipinski definition) is 6. The molecule has 1 aliphatic rings. The number of thioether (sulfide) groups is 1. The second kappa shape index (κ2) is 9.34. The number of likely N-dealkylation sites (tertiary alicyclic amines) is 1. The van der Waals surface area contributed by atoms with Crippen LogP contribution in [-0.4, -0.2) is 55.7 Å².